The minimum atomic E-state index is -2.27. The van der Waals surface area contributed by atoms with Crippen LogP contribution in [0.3, 0.4) is 0 Å². The number of hydrogen-bond donors (Lipinski definition) is 3. The van der Waals surface area contributed by atoms with Crippen LogP contribution in [0.1, 0.15) is 85.6 Å². The number of pyridine rings is 1. The van der Waals surface area contributed by atoms with E-state index in [1.807, 2.05) is 63.3 Å². The molecule has 11 nitrogen and oxygen atoms in total. The van der Waals surface area contributed by atoms with Gasteiger partial charge < -0.3 is 19.8 Å². The quantitative estimate of drug-likeness (QED) is 0.302. The van der Waals surface area contributed by atoms with Crippen molar-refractivity contribution in [2.45, 2.75) is 117 Å². The Hall–Kier alpha value is -3.61. The Balaban J connectivity index is 1.76. The standard InChI is InChI=1S/C36H53N5O6Si/c1-21(2)31-33(43)37-22(3)34(44)41-19-11-12-29(40-41)35(45)46-24(5)28-18-16-26-15-13-25(20-30(26)38-28)14-17-27(32(42)39-31)23(4)47-48(9,10)36(6,7)8/h13-18,20-24,27,29,31,40H,11-12,19H2,1-10H3,(H,37,43)(H,39,42). The van der Waals surface area contributed by atoms with Crippen LogP contribution in [0.5, 0.6) is 0 Å². The van der Waals surface area contributed by atoms with Crippen molar-refractivity contribution in [3.05, 3.63) is 47.7 Å². The van der Waals surface area contributed by atoms with Gasteiger partial charge in [-0.2, -0.15) is 0 Å². The lowest BCUT2D eigenvalue weighted by molar-refractivity contribution is -0.157. The summed E-state index contributed by atoms with van der Waals surface area (Å²) in [5.74, 6) is -2.67. The second kappa shape index (κ2) is 14.9. The van der Waals surface area contributed by atoms with E-state index in [4.69, 9.17) is 14.1 Å². The van der Waals surface area contributed by atoms with Crippen LogP contribution in [-0.2, 0) is 28.3 Å². The third-order valence-corrected chi connectivity index (χ3v) is 14.3. The molecule has 6 unspecified atom stereocenters. The lowest BCUT2D eigenvalue weighted by Crippen LogP contribution is -2.61. The minimum Gasteiger partial charge on any atom is -0.455 e. The smallest absolute Gasteiger partial charge is 0.325 e. The van der Waals surface area contributed by atoms with Crippen LogP contribution in [-0.4, -0.2) is 72.8 Å². The van der Waals surface area contributed by atoms with E-state index in [0.717, 1.165) is 10.9 Å². The van der Waals surface area contributed by atoms with E-state index in [9.17, 15) is 19.2 Å². The first-order valence-corrected chi connectivity index (χ1v) is 19.9. The summed E-state index contributed by atoms with van der Waals surface area (Å²) < 4.78 is 12.5. The lowest BCUT2D eigenvalue weighted by atomic mass is 9.97. The summed E-state index contributed by atoms with van der Waals surface area (Å²) in [6.07, 6.45) is 3.66. The number of hydrogen-bond acceptors (Lipinski definition) is 8. The van der Waals surface area contributed by atoms with E-state index < -0.39 is 62.4 Å². The predicted octanol–water partition coefficient (Wildman–Crippen LogP) is 5.03. The zero-order valence-electron chi connectivity index (χ0n) is 30.0. The van der Waals surface area contributed by atoms with E-state index in [1.54, 1.807) is 13.8 Å². The molecular formula is C36H53N5O6Si. The van der Waals surface area contributed by atoms with Gasteiger partial charge in [-0.1, -0.05) is 65.0 Å². The Kier molecular flexibility index (Phi) is 11.5. The molecule has 3 N–H and O–H groups in total. The number of nitrogens with zero attached hydrogens (tertiary/aromatic N) is 2. The van der Waals surface area contributed by atoms with Gasteiger partial charge in [0.05, 0.1) is 23.2 Å². The highest BCUT2D eigenvalue weighted by atomic mass is 28.4. The van der Waals surface area contributed by atoms with Crippen LogP contribution in [0.25, 0.3) is 17.0 Å². The minimum absolute atomic E-state index is 0.0765. The molecule has 2 aromatic rings. The fraction of sp³-hybridized carbons (Fsp3) is 0.583. The topological polar surface area (TPSA) is 139 Å². The summed E-state index contributed by atoms with van der Waals surface area (Å²) in [4.78, 5) is 59.1. The lowest BCUT2D eigenvalue weighted by Gasteiger charge is -2.40. The maximum Gasteiger partial charge on any atom is 0.325 e. The number of benzene rings is 1. The molecule has 0 saturated carbocycles. The molecule has 2 aliphatic heterocycles. The number of aromatic nitrogens is 1. The van der Waals surface area contributed by atoms with Crippen molar-refractivity contribution in [1.29, 1.82) is 0 Å². The van der Waals surface area contributed by atoms with Crippen molar-refractivity contribution >= 4 is 49.0 Å². The number of esters is 1. The van der Waals surface area contributed by atoms with Gasteiger partial charge in [-0.3, -0.25) is 24.2 Å². The first-order valence-electron chi connectivity index (χ1n) is 17.0. The Morgan fingerprint density at radius 2 is 1.69 bits per heavy atom. The van der Waals surface area contributed by atoms with Crippen molar-refractivity contribution in [2.75, 3.05) is 6.54 Å². The van der Waals surface area contributed by atoms with Gasteiger partial charge in [0.2, 0.25) is 11.8 Å². The number of ether oxygens (including phenoxy) is 1. The number of cyclic esters (lactones) is 1. The van der Waals surface area contributed by atoms with Crippen LogP contribution in [0.4, 0.5) is 0 Å². The molecule has 12 heteroatoms. The second-order valence-corrected chi connectivity index (χ2v) is 19.8. The van der Waals surface area contributed by atoms with Crippen LogP contribution in [0, 0.1) is 11.8 Å². The summed E-state index contributed by atoms with van der Waals surface area (Å²) in [5.41, 5.74) is 5.14. The number of nitrogens with one attached hydrogen (secondary N) is 3. The molecule has 1 aromatic heterocycles. The fourth-order valence-electron chi connectivity index (χ4n) is 5.68. The van der Waals surface area contributed by atoms with Crippen LogP contribution in [0.2, 0.25) is 18.1 Å². The zero-order chi connectivity index (χ0) is 35.6. The van der Waals surface area contributed by atoms with Crippen molar-refractivity contribution in [3.63, 3.8) is 0 Å². The average molecular weight is 680 g/mol. The third-order valence-electron chi connectivity index (χ3n) is 9.75. The number of rotatable bonds is 4. The highest BCUT2D eigenvalue weighted by molar-refractivity contribution is 6.74. The largest absolute Gasteiger partial charge is 0.455 e. The maximum absolute atomic E-state index is 14.1. The molecule has 3 heterocycles. The Bertz CT molecular complexity index is 1550. The molecule has 262 valence electrons. The number of fused-ring (bicyclic) bond motifs is 4. The SMILES string of the molecule is CC1NC(=O)C(C(C)C)NC(=O)C(C(C)O[Si](C)(C)C(C)(C)C)C=Cc2ccc3ccc(nc3c2)C(C)OC(=O)C2CCCN(N2)C1=O. The van der Waals surface area contributed by atoms with Gasteiger partial charge >= 0.3 is 5.97 Å². The van der Waals surface area contributed by atoms with E-state index in [2.05, 4.69) is 49.9 Å². The first-order chi connectivity index (χ1) is 22.4. The van der Waals surface area contributed by atoms with E-state index in [0.29, 0.717) is 30.6 Å². The molecule has 48 heavy (non-hydrogen) atoms. The van der Waals surface area contributed by atoms with E-state index >= 15 is 0 Å². The molecule has 1 fully saturated rings. The number of hydrazine groups is 1. The molecule has 1 saturated heterocycles. The molecule has 1 aromatic carbocycles. The van der Waals surface area contributed by atoms with Crippen molar-refractivity contribution in [1.82, 2.24) is 26.1 Å². The normalized spacial score (nSPS) is 25.9. The van der Waals surface area contributed by atoms with Gasteiger partial charge in [0.15, 0.2) is 8.32 Å². The summed E-state index contributed by atoms with van der Waals surface area (Å²) in [7, 11) is -2.27. The highest BCUT2D eigenvalue weighted by Crippen LogP contribution is 2.38. The Labute approximate surface area is 285 Å². The Morgan fingerprint density at radius 3 is 2.35 bits per heavy atom. The molecule has 6 atom stereocenters. The van der Waals surface area contributed by atoms with Crippen LogP contribution >= 0.6 is 0 Å². The Morgan fingerprint density at radius 1 is 1.00 bits per heavy atom. The van der Waals surface area contributed by atoms with Gasteiger partial charge in [0, 0.05) is 11.9 Å². The van der Waals surface area contributed by atoms with Gasteiger partial charge in [-0.15, -0.1) is 0 Å². The molecule has 0 radical (unpaired) electrons. The summed E-state index contributed by atoms with van der Waals surface area (Å²) >= 11 is 0. The highest BCUT2D eigenvalue weighted by Gasteiger charge is 2.41. The average Bonchev–Trinajstić information content (AvgIpc) is 3.01. The molecule has 0 aliphatic carbocycles. The van der Waals surface area contributed by atoms with Crippen LogP contribution < -0.4 is 16.1 Å². The molecule has 0 spiro atoms. The van der Waals surface area contributed by atoms with E-state index in [1.165, 1.54) is 5.01 Å². The molecule has 3 amide bonds. The first kappa shape index (κ1) is 37.2. The third kappa shape index (κ3) is 8.69. The second-order valence-electron chi connectivity index (χ2n) is 15.0. The van der Waals surface area contributed by atoms with E-state index in [-0.39, 0.29) is 16.9 Å². The predicted molar refractivity (Wildman–Crippen MR) is 189 cm³/mol. The molecule has 4 rings (SSSR count). The number of carbonyl (C=O) groups excluding carboxylic acids is 4. The van der Waals surface area contributed by atoms with Crippen molar-refractivity contribution < 1.29 is 28.3 Å². The van der Waals surface area contributed by atoms with Crippen molar-refractivity contribution in [3.8, 4) is 0 Å². The maximum atomic E-state index is 14.1. The number of carbonyl (C=O) groups is 4. The molecular weight excluding hydrogens is 627 g/mol. The van der Waals surface area contributed by atoms with Crippen LogP contribution in [0.15, 0.2) is 36.4 Å². The fourth-order valence-corrected chi connectivity index (χ4v) is 7.11. The molecule has 2 aliphatic rings. The van der Waals surface area contributed by atoms with Gasteiger partial charge in [0.25, 0.3) is 5.91 Å². The summed E-state index contributed by atoms with van der Waals surface area (Å²) in [6.45, 7) is 20.1. The zero-order valence-corrected chi connectivity index (χ0v) is 31.0. The summed E-state index contributed by atoms with van der Waals surface area (Å²) in [6, 6.07) is 7.08. The summed E-state index contributed by atoms with van der Waals surface area (Å²) in [5, 5.41) is 7.97. The number of amides is 3. The van der Waals surface area contributed by atoms with Gasteiger partial charge in [-0.25, -0.2) is 10.4 Å². The monoisotopic (exact) mass is 679 g/mol. The van der Waals surface area contributed by atoms with Gasteiger partial charge in [0.1, 0.15) is 24.2 Å². The van der Waals surface area contributed by atoms with Gasteiger partial charge in [-0.05, 0) is 75.4 Å². The van der Waals surface area contributed by atoms with Crippen molar-refractivity contribution in [2.24, 2.45) is 11.8 Å². The molecule has 5 bridgehead atoms.